The lowest BCUT2D eigenvalue weighted by atomic mass is 10.1. The van der Waals surface area contributed by atoms with Crippen molar-refractivity contribution < 1.29 is 4.79 Å². The minimum absolute atomic E-state index is 0.117. The number of nitrogens with zero attached hydrogens (tertiary/aromatic N) is 4. The van der Waals surface area contributed by atoms with E-state index in [1.165, 1.54) is 22.9 Å². The molecule has 33 heavy (non-hydrogen) atoms. The van der Waals surface area contributed by atoms with Gasteiger partial charge in [0.2, 0.25) is 0 Å². The molecule has 0 unspecified atom stereocenters. The van der Waals surface area contributed by atoms with E-state index in [1.807, 2.05) is 43.3 Å². The second-order valence-corrected chi connectivity index (χ2v) is 9.37. The van der Waals surface area contributed by atoms with Crippen LogP contribution in [-0.4, -0.2) is 30.9 Å². The van der Waals surface area contributed by atoms with E-state index in [4.69, 9.17) is 0 Å². The molecule has 170 valence electrons. The van der Waals surface area contributed by atoms with Crippen LogP contribution < -0.4 is 0 Å². The molecule has 5 nitrogen and oxygen atoms in total. The summed E-state index contributed by atoms with van der Waals surface area (Å²) in [5, 5.41) is 9.70. The van der Waals surface area contributed by atoms with Crippen LogP contribution in [0.1, 0.15) is 46.2 Å². The van der Waals surface area contributed by atoms with E-state index in [0.717, 1.165) is 47.0 Å². The molecule has 0 amide bonds. The van der Waals surface area contributed by atoms with Gasteiger partial charge in [-0.25, -0.2) is 0 Å². The summed E-state index contributed by atoms with van der Waals surface area (Å²) in [6.45, 7) is 11.4. The predicted octanol–water partition coefficient (Wildman–Crippen LogP) is 6.35. The van der Waals surface area contributed by atoms with Crippen molar-refractivity contribution in [2.45, 2.75) is 52.7 Å². The highest BCUT2D eigenvalue weighted by atomic mass is 32.2. The molecule has 0 aliphatic heterocycles. The number of aromatic nitrogens is 4. The van der Waals surface area contributed by atoms with E-state index in [-0.39, 0.29) is 5.78 Å². The summed E-state index contributed by atoms with van der Waals surface area (Å²) in [6, 6.07) is 18.4. The molecule has 2 aromatic heterocycles. The third kappa shape index (κ3) is 4.67. The second-order valence-electron chi connectivity index (χ2n) is 8.42. The van der Waals surface area contributed by atoms with Crippen LogP contribution in [-0.2, 0) is 6.54 Å². The maximum Gasteiger partial charge on any atom is 0.196 e. The highest BCUT2D eigenvalue weighted by Crippen LogP contribution is 2.29. The first-order valence-electron chi connectivity index (χ1n) is 11.3. The third-order valence-electron chi connectivity index (χ3n) is 6.07. The Morgan fingerprint density at radius 2 is 1.70 bits per heavy atom. The maximum absolute atomic E-state index is 13.1. The molecule has 0 bridgehead atoms. The van der Waals surface area contributed by atoms with E-state index in [9.17, 15) is 4.79 Å². The predicted molar refractivity (Wildman–Crippen MR) is 136 cm³/mol. The zero-order valence-electron chi connectivity index (χ0n) is 19.9. The van der Waals surface area contributed by atoms with Gasteiger partial charge in [0.1, 0.15) is 0 Å². The number of carbonyl (C=O) groups is 1. The highest BCUT2D eigenvalue weighted by molar-refractivity contribution is 7.99. The van der Waals surface area contributed by atoms with E-state index in [2.05, 4.69) is 65.2 Å². The number of carbonyl (C=O) groups excluding carboxylic acids is 1. The Bertz CT molecular complexity index is 1290. The van der Waals surface area contributed by atoms with Crippen LogP contribution >= 0.6 is 11.8 Å². The molecule has 0 saturated carbocycles. The smallest absolute Gasteiger partial charge is 0.196 e. The van der Waals surface area contributed by atoms with Gasteiger partial charge in [-0.3, -0.25) is 9.36 Å². The van der Waals surface area contributed by atoms with Gasteiger partial charge in [-0.2, -0.15) is 0 Å². The number of Topliss-reactive ketones (excluding diaryl/α,β-unsaturated/α-hetero) is 1. The molecule has 0 radical (unpaired) electrons. The lowest BCUT2D eigenvalue weighted by molar-refractivity contribution is 0.102. The molecule has 2 heterocycles. The Morgan fingerprint density at radius 3 is 2.39 bits per heavy atom. The van der Waals surface area contributed by atoms with Crippen LogP contribution in [0, 0.1) is 27.7 Å². The van der Waals surface area contributed by atoms with Gasteiger partial charge < -0.3 is 4.57 Å². The minimum atomic E-state index is 0.117. The van der Waals surface area contributed by atoms with Crippen molar-refractivity contribution in [3.63, 3.8) is 0 Å². The minimum Gasteiger partial charge on any atom is -0.348 e. The fourth-order valence-electron chi connectivity index (χ4n) is 4.09. The van der Waals surface area contributed by atoms with Gasteiger partial charge in [0.25, 0.3) is 0 Å². The van der Waals surface area contributed by atoms with Gasteiger partial charge in [0.15, 0.2) is 16.8 Å². The zero-order valence-corrected chi connectivity index (χ0v) is 20.7. The Balaban J connectivity index is 1.67. The van der Waals surface area contributed by atoms with E-state index < -0.39 is 0 Å². The van der Waals surface area contributed by atoms with Crippen molar-refractivity contribution in [2.24, 2.45) is 0 Å². The topological polar surface area (TPSA) is 52.7 Å². The second kappa shape index (κ2) is 9.79. The monoisotopic (exact) mass is 458 g/mol. The average molecular weight is 459 g/mol. The molecule has 0 aliphatic rings. The number of ketones is 1. The number of hydrogen-bond donors (Lipinski definition) is 0. The van der Waals surface area contributed by atoms with Crippen molar-refractivity contribution in [3.05, 3.63) is 82.7 Å². The van der Waals surface area contributed by atoms with Gasteiger partial charge in [-0.05, 0) is 63.4 Å². The van der Waals surface area contributed by atoms with Crippen LogP contribution in [0.5, 0.6) is 0 Å². The normalized spacial score (nSPS) is 11.2. The fraction of sp³-hybridized carbons (Fsp3) is 0.296. The van der Waals surface area contributed by atoms with E-state index in [0.29, 0.717) is 10.9 Å². The molecule has 0 saturated heterocycles. The van der Waals surface area contributed by atoms with Crippen molar-refractivity contribution >= 4 is 17.5 Å². The molecule has 0 N–H and O–H groups in total. The maximum atomic E-state index is 13.1. The number of hydrogen-bond acceptors (Lipinski definition) is 4. The molecule has 0 fully saturated rings. The first-order chi connectivity index (χ1) is 15.9. The summed E-state index contributed by atoms with van der Waals surface area (Å²) in [6.07, 6.45) is 1.04. The Morgan fingerprint density at radius 1 is 0.939 bits per heavy atom. The summed E-state index contributed by atoms with van der Waals surface area (Å²) >= 11 is 1.44. The van der Waals surface area contributed by atoms with Crippen LogP contribution in [0.15, 0.2) is 59.8 Å². The third-order valence-corrected chi connectivity index (χ3v) is 7.00. The molecular weight excluding hydrogens is 428 g/mol. The number of thioether (sulfide) groups is 1. The quantitative estimate of drug-likeness (QED) is 0.228. The lowest BCUT2D eigenvalue weighted by Crippen LogP contribution is -2.07. The first-order valence-corrected chi connectivity index (χ1v) is 12.3. The summed E-state index contributed by atoms with van der Waals surface area (Å²) in [4.78, 5) is 13.1. The van der Waals surface area contributed by atoms with Gasteiger partial charge >= 0.3 is 0 Å². The Kier molecular flexibility index (Phi) is 6.84. The summed E-state index contributed by atoms with van der Waals surface area (Å²) < 4.78 is 4.28. The standard InChI is InChI=1S/C27H30N4OS/c1-6-14-30-20(4)16-24(21(30)5)25(32)17-33-27-29-28-26(22-10-8-7-9-11-22)31(27)23-13-12-18(2)19(3)15-23/h7-13,15-16H,6,14,17H2,1-5H3. The van der Waals surface area contributed by atoms with Crippen molar-refractivity contribution in [2.75, 3.05) is 5.75 Å². The van der Waals surface area contributed by atoms with Crippen LogP contribution in [0.2, 0.25) is 0 Å². The molecule has 0 spiro atoms. The summed E-state index contributed by atoms with van der Waals surface area (Å²) in [7, 11) is 0. The van der Waals surface area contributed by atoms with Crippen LogP contribution in [0.4, 0.5) is 0 Å². The fourth-order valence-corrected chi connectivity index (χ4v) is 4.93. The molecule has 6 heteroatoms. The van der Waals surface area contributed by atoms with Gasteiger partial charge in [0, 0.05) is 29.1 Å². The van der Waals surface area contributed by atoms with Gasteiger partial charge in [-0.1, -0.05) is 55.1 Å². The van der Waals surface area contributed by atoms with Crippen molar-refractivity contribution in [1.29, 1.82) is 0 Å². The zero-order chi connectivity index (χ0) is 23.5. The van der Waals surface area contributed by atoms with Crippen molar-refractivity contribution in [1.82, 2.24) is 19.3 Å². The van der Waals surface area contributed by atoms with Crippen molar-refractivity contribution in [3.8, 4) is 17.1 Å². The van der Waals surface area contributed by atoms with Crippen LogP contribution in [0.25, 0.3) is 17.1 Å². The van der Waals surface area contributed by atoms with E-state index in [1.54, 1.807) is 0 Å². The molecular formula is C27H30N4OS. The van der Waals surface area contributed by atoms with Crippen LogP contribution in [0.3, 0.4) is 0 Å². The molecule has 0 aliphatic carbocycles. The first kappa shape index (κ1) is 23.1. The molecule has 4 aromatic rings. The van der Waals surface area contributed by atoms with E-state index >= 15 is 0 Å². The molecule has 4 rings (SSSR count). The lowest BCUT2D eigenvalue weighted by Gasteiger charge is -2.12. The average Bonchev–Trinajstić information content (AvgIpc) is 3.36. The van der Waals surface area contributed by atoms with Gasteiger partial charge in [0.05, 0.1) is 11.4 Å². The Hall–Kier alpha value is -3.12. The number of rotatable bonds is 8. The molecule has 2 aromatic carbocycles. The molecule has 0 atom stereocenters. The Labute approximate surface area is 199 Å². The van der Waals surface area contributed by atoms with Gasteiger partial charge in [-0.15, -0.1) is 10.2 Å². The largest absolute Gasteiger partial charge is 0.348 e. The SMILES string of the molecule is CCCn1c(C)cc(C(=O)CSc2nnc(-c3ccccc3)n2-c2ccc(C)c(C)c2)c1C. The highest BCUT2D eigenvalue weighted by Gasteiger charge is 2.20. The number of aryl methyl sites for hydroxylation is 3. The summed E-state index contributed by atoms with van der Waals surface area (Å²) in [5.41, 5.74) is 7.40. The number of benzene rings is 2. The summed E-state index contributed by atoms with van der Waals surface area (Å²) in [5.74, 6) is 1.20.